The Balaban J connectivity index is 1.52. The molecule has 2 aromatic heterocycles. The molecule has 0 unspecified atom stereocenters. The molecule has 2 fully saturated rings. The van der Waals surface area contributed by atoms with E-state index in [1.807, 2.05) is 11.6 Å². The van der Waals surface area contributed by atoms with Gasteiger partial charge < -0.3 is 5.32 Å². The van der Waals surface area contributed by atoms with Gasteiger partial charge in [0, 0.05) is 35.7 Å². The monoisotopic (exact) mass is 355 g/mol. The Bertz CT molecular complexity index is 623. The fourth-order valence-electron chi connectivity index (χ4n) is 3.57. The second-order valence-electron chi connectivity index (χ2n) is 6.16. The molecule has 4 rings (SSSR count). The topological polar surface area (TPSA) is 53.9 Å². The summed E-state index contributed by atoms with van der Waals surface area (Å²) in [6, 6.07) is 0.622. The van der Waals surface area contributed by atoms with Gasteiger partial charge in [0.05, 0.1) is 6.54 Å². The molecular weight excluding hydrogens is 338 g/mol. The van der Waals surface area contributed by atoms with E-state index in [1.165, 1.54) is 30.8 Å². The van der Waals surface area contributed by atoms with Crippen LogP contribution in [-0.2, 0) is 13.1 Å². The van der Waals surface area contributed by atoms with Gasteiger partial charge in [-0.2, -0.15) is 0 Å². The number of aromatic nitrogens is 3. The number of hydrogen-bond donors (Lipinski definition) is 1. The number of nitrogens with one attached hydrogen (secondary N) is 1. The number of halogens is 1. The maximum absolute atomic E-state index is 6.21. The Labute approximate surface area is 142 Å². The number of thiazole rings is 1. The summed E-state index contributed by atoms with van der Waals surface area (Å²) in [4.78, 5) is 6.96. The van der Waals surface area contributed by atoms with Gasteiger partial charge in [-0.15, -0.1) is 16.4 Å². The molecule has 1 saturated heterocycles. The van der Waals surface area contributed by atoms with Crippen LogP contribution in [0.4, 0.5) is 0 Å². The zero-order valence-corrected chi connectivity index (χ0v) is 14.6. The van der Waals surface area contributed by atoms with Gasteiger partial charge in [-0.1, -0.05) is 16.1 Å². The summed E-state index contributed by atoms with van der Waals surface area (Å²) < 4.78 is 4.68. The molecule has 0 bridgehead atoms. The molecular formula is C14H18ClN5S2. The lowest BCUT2D eigenvalue weighted by atomic mass is 9.93. The van der Waals surface area contributed by atoms with E-state index in [1.54, 1.807) is 11.3 Å². The predicted molar refractivity (Wildman–Crippen MR) is 89.2 cm³/mol. The van der Waals surface area contributed by atoms with Gasteiger partial charge in [-0.3, -0.25) is 4.90 Å². The van der Waals surface area contributed by atoms with E-state index in [9.17, 15) is 0 Å². The molecule has 0 radical (unpaired) electrons. The second-order valence-corrected chi connectivity index (χ2v) is 8.49. The van der Waals surface area contributed by atoms with Crippen LogP contribution < -0.4 is 5.32 Å². The fraction of sp³-hybridized carbons (Fsp3) is 0.643. The maximum Gasteiger partial charge on any atom is 0.138 e. The molecule has 5 nitrogen and oxygen atoms in total. The highest BCUT2D eigenvalue weighted by atomic mass is 35.5. The van der Waals surface area contributed by atoms with Gasteiger partial charge in [0.2, 0.25) is 0 Å². The largest absolute Gasteiger partial charge is 0.317 e. The molecule has 2 aliphatic rings. The third-order valence-electron chi connectivity index (χ3n) is 4.87. The molecule has 1 aliphatic heterocycles. The van der Waals surface area contributed by atoms with Gasteiger partial charge in [-0.25, -0.2) is 4.98 Å². The van der Waals surface area contributed by atoms with E-state index in [0.717, 1.165) is 36.9 Å². The molecule has 0 aromatic carbocycles. The molecule has 1 saturated carbocycles. The third-order valence-corrected chi connectivity index (χ3v) is 6.62. The lowest BCUT2D eigenvalue weighted by Crippen LogP contribution is -2.35. The van der Waals surface area contributed by atoms with Crippen molar-refractivity contribution in [2.75, 3.05) is 13.1 Å². The summed E-state index contributed by atoms with van der Waals surface area (Å²) in [5.74, 6) is 0. The van der Waals surface area contributed by atoms with Crippen molar-refractivity contribution >= 4 is 34.5 Å². The summed E-state index contributed by atoms with van der Waals surface area (Å²) in [6.45, 7) is 3.93. The summed E-state index contributed by atoms with van der Waals surface area (Å²) in [5, 5.41) is 10.9. The third kappa shape index (κ3) is 2.92. The minimum Gasteiger partial charge on any atom is -0.317 e. The van der Waals surface area contributed by atoms with Crippen LogP contribution in [0, 0.1) is 5.41 Å². The van der Waals surface area contributed by atoms with E-state index in [0.29, 0.717) is 15.8 Å². The Kier molecular flexibility index (Phi) is 4.17. The van der Waals surface area contributed by atoms with Crippen molar-refractivity contribution in [3.63, 3.8) is 0 Å². The number of rotatable bonds is 5. The molecule has 1 N–H and O–H groups in total. The molecule has 1 atom stereocenters. The zero-order chi connectivity index (χ0) is 15.0. The van der Waals surface area contributed by atoms with Gasteiger partial charge in [0.15, 0.2) is 0 Å². The summed E-state index contributed by atoms with van der Waals surface area (Å²) in [5.41, 5.74) is 1.40. The number of hydrogen-bond acceptors (Lipinski definition) is 7. The highest BCUT2D eigenvalue weighted by Gasteiger charge is 2.56. The molecule has 2 aromatic rings. The van der Waals surface area contributed by atoms with Crippen LogP contribution >= 0.6 is 34.5 Å². The van der Waals surface area contributed by atoms with Crippen molar-refractivity contribution < 1.29 is 0 Å². The minimum atomic E-state index is 0.498. The van der Waals surface area contributed by atoms with Crippen LogP contribution in [0.2, 0.25) is 4.34 Å². The predicted octanol–water partition coefficient (Wildman–Crippen LogP) is 2.79. The average Bonchev–Trinajstić information content (AvgIpc) is 2.90. The number of nitrogens with zero attached hydrogens (tertiary/aromatic N) is 4. The second kappa shape index (κ2) is 6.13. The summed E-state index contributed by atoms with van der Waals surface area (Å²) in [6.07, 6.45) is 5.71. The minimum absolute atomic E-state index is 0.498. The Morgan fingerprint density at radius 1 is 1.36 bits per heavy atom. The highest BCUT2D eigenvalue weighted by Crippen LogP contribution is 2.56. The lowest BCUT2D eigenvalue weighted by molar-refractivity contribution is 0.186. The first-order valence-electron chi connectivity index (χ1n) is 7.57. The SMILES string of the molecule is Clc1snnc1CN(Cc1nccs1)[C@H]1CC12CCNCC2. The summed E-state index contributed by atoms with van der Waals surface area (Å²) in [7, 11) is 0. The molecule has 3 heterocycles. The van der Waals surface area contributed by atoms with Crippen molar-refractivity contribution in [3.8, 4) is 0 Å². The lowest BCUT2D eigenvalue weighted by Gasteiger charge is -2.28. The molecule has 118 valence electrons. The smallest absolute Gasteiger partial charge is 0.138 e. The van der Waals surface area contributed by atoms with E-state index < -0.39 is 0 Å². The quantitative estimate of drug-likeness (QED) is 0.893. The van der Waals surface area contributed by atoms with Crippen molar-refractivity contribution in [1.29, 1.82) is 0 Å². The Morgan fingerprint density at radius 3 is 2.91 bits per heavy atom. The van der Waals surface area contributed by atoms with Crippen LogP contribution in [0.25, 0.3) is 0 Å². The van der Waals surface area contributed by atoms with Gasteiger partial charge in [0.1, 0.15) is 15.0 Å². The van der Waals surface area contributed by atoms with E-state index in [4.69, 9.17) is 11.6 Å². The zero-order valence-electron chi connectivity index (χ0n) is 12.2. The van der Waals surface area contributed by atoms with Crippen molar-refractivity contribution in [2.45, 2.75) is 38.4 Å². The molecule has 1 aliphatic carbocycles. The Morgan fingerprint density at radius 2 is 2.23 bits per heavy atom. The van der Waals surface area contributed by atoms with E-state index in [-0.39, 0.29) is 0 Å². The first-order chi connectivity index (χ1) is 10.8. The highest BCUT2D eigenvalue weighted by molar-refractivity contribution is 7.10. The van der Waals surface area contributed by atoms with Crippen LogP contribution in [-0.4, -0.2) is 38.6 Å². The maximum atomic E-state index is 6.21. The van der Waals surface area contributed by atoms with Crippen LogP contribution in [0.5, 0.6) is 0 Å². The van der Waals surface area contributed by atoms with Crippen molar-refractivity contribution in [1.82, 2.24) is 24.8 Å². The van der Waals surface area contributed by atoms with Gasteiger partial charge >= 0.3 is 0 Å². The molecule has 8 heteroatoms. The first-order valence-corrected chi connectivity index (χ1v) is 9.60. The van der Waals surface area contributed by atoms with E-state index in [2.05, 4.69) is 24.8 Å². The fourth-order valence-corrected chi connectivity index (χ4v) is 4.82. The van der Waals surface area contributed by atoms with Crippen LogP contribution in [0.1, 0.15) is 30.0 Å². The average molecular weight is 356 g/mol. The van der Waals surface area contributed by atoms with Crippen LogP contribution in [0.3, 0.4) is 0 Å². The van der Waals surface area contributed by atoms with Gasteiger partial charge in [-0.05, 0) is 37.8 Å². The van der Waals surface area contributed by atoms with Crippen molar-refractivity contribution in [3.05, 3.63) is 26.6 Å². The molecule has 1 spiro atoms. The van der Waals surface area contributed by atoms with E-state index >= 15 is 0 Å². The summed E-state index contributed by atoms with van der Waals surface area (Å²) >= 11 is 9.20. The standard InChI is InChI=1S/C14H18ClN5S2/c15-13-10(18-19-22-13)8-20(9-12-17-5-6-21-12)11-7-14(11)1-3-16-4-2-14/h5-6,11,16H,1-4,7-9H2/t11-/m0/s1. The van der Waals surface area contributed by atoms with Crippen molar-refractivity contribution in [2.24, 2.45) is 5.41 Å². The first kappa shape index (κ1) is 15.0. The van der Waals surface area contributed by atoms with Gasteiger partial charge in [0.25, 0.3) is 0 Å². The number of piperidine rings is 1. The molecule has 0 amide bonds. The molecule has 22 heavy (non-hydrogen) atoms. The van der Waals surface area contributed by atoms with Crippen LogP contribution in [0.15, 0.2) is 11.6 Å². The Hall–Kier alpha value is -0.600. The normalized spacial score (nSPS) is 23.3.